The molecule has 0 aliphatic carbocycles. The number of carbonyl (C=O) groups is 2. The SMILES string of the molecule is CCOC1=C(C)C(=O)O/C1=C/C(=O)OC(C)(C)C. The van der Waals surface area contributed by atoms with Gasteiger partial charge in [0.15, 0.2) is 11.5 Å². The van der Waals surface area contributed by atoms with Gasteiger partial charge in [-0.05, 0) is 34.6 Å². The summed E-state index contributed by atoms with van der Waals surface area (Å²) in [5, 5.41) is 0. The summed E-state index contributed by atoms with van der Waals surface area (Å²) < 4.78 is 15.3. The third-order valence-electron chi connectivity index (χ3n) is 2.02. The Kier molecular flexibility index (Phi) is 4.16. The van der Waals surface area contributed by atoms with Crippen LogP contribution in [0, 0.1) is 0 Å². The minimum absolute atomic E-state index is 0.105. The highest BCUT2D eigenvalue weighted by molar-refractivity contribution is 5.95. The molecule has 0 aromatic carbocycles. The molecule has 1 aliphatic heterocycles. The topological polar surface area (TPSA) is 61.8 Å². The number of carbonyl (C=O) groups excluding carboxylic acids is 2. The highest BCUT2D eigenvalue weighted by Crippen LogP contribution is 2.27. The molecule has 0 saturated carbocycles. The zero-order valence-corrected chi connectivity index (χ0v) is 11.3. The van der Waals surface area contributed by atoms with Crippen molar-refractivity contribution < 1.29 is 23.8 Å². The Morgan fingerprint density at radius 1 is 1.39 bits per heavy atom. The van der Waals surface area contributed by atoms with E-state index in [9.17, 15) is 9.59 Å². The molecule has 0 aromatic rings. The maximum absolute atomic E-state index is 11.6. The number of esters is 2. The Morgan fingerprint density at radius 3 is 2.50 bits per heavy atom. The summed E-state index contributed by atoms with van der Waals surface area (Å²) >= 11 is 0. The molecule has 100 valence electrons. The van der Waals surface area contributed by atoms with Crippen LogP contribution in [0.25, 0.3) is 0 Å². The van der Waals surface area contributed by atoms with Crippen LogP contribution in [0.3, 0.4) is 0 Å². The number of hydrogen-bond acceptors (Lipinski definition) is 5. The smallest absolute Gasteiger partial charge is 0.343 e. The summed E-state index contributed by atoms with van der Waals surface area (Å²) in [5.41, 5.74) is -0.243. The molecule has 5 nitrogen and oxygen atoms in total. The van der Waals surface area contributed by atoms with Crippen LogP contribution >= 0.6 is 0 Å². The standard InChI is InChI=1S/C13H18O5/c1-6-16-11-8(2)12(15)17-9(11)7-10(14)18-13(3,4)5/h7H,6H2,1-5H3/b9-7+. The minimum atomic E-state index is -0.596. The van der Waals surface area contributed by atoms with Gasteiger partial charge in [-0.15, -0.1) is 0 Å². The Morgan fingerprint density at radius 2 is 2.00 bits per heavy atom. The lowest BCUT2D eigenvalue weighted by Gasteiger charge is -2.18. The summed E-state index contributed by atoms with van der Waals surface area (Å²) in [6, 6.07) is 0. The molecule has 5 heteroatoms. The second-order valence-corrected chi connectivity index (χ2v) is 4.82. The van der Waals surface area contributed by atoms with Crippen molar-refractivity contribution >= 4 is 11.9 Å². The third-order valence-corrected chi connectivity index (χ3v) is 2.02. The fourth-order valence-corrected chi connectivity index (χ4v) is 1.36. The zero-order valence-electron chi connectivity index (χ0n) is 11.3. The summed E-state index contributed by atoms with van der Waals surface area (Å²) in [6.07, 6.45) is 1.13. The van der Waals surface area contributed by atoms with Crippen LogP contribution in [0.1, 0.15) is 34.6 Å². The van der Waals surface area contributed by atoms with Crippen LogP contribution in [0.5, 0.6) is 0 Å². The number of cyclic esters (lactones) is 1. The molecule has 0 saturated heterocycles. The molecule has 0 unspecified atom stereocenters. The van der Waals surface area contributed by atoms with Crippen LogP contribution in [0.15, 0.2) is 23.2 Å². The molecule has 0 radical (unpaired) electrons. The van der Waals surface area contributed by atoms with Gasteiger partial charge in [0.05, 0.1) is 18.3 Å². The zero-order chi connectivity index (χ0) is 13.9. The van der Waals surface area contributed by atoms with Gasteiger partial charge in [-0.25, -0.2) is 9.59 Å². The first-order chi connectivity index (χ1) is 8.24. The normalized spacial score (nSPS) is 18.1. The maximum atomic E-state index is 11.6. The van der Waals surface area contributed by atoms with E-state index in [4.69, 9.17) is 14.2 Å². The largest absolute Gasteiger partial charge is 0.489 e. The summed E-state index contributed by atoms with van der Waals surface area (Å²) in [7, 11) is 0. The molecular formula is C13H18O5. The van der Waals surface area contributed by atoms with E-state index in [1.165, 1.54) is 0 Å². The van der Waals surface area contributed by atoms with Crippen molar-refractivity contribution in [3.63, 3.8) is 0 Å². The minimum Gasteiger partial charge on any atom is -0.489 e. The average Bonchev–Trinajstić information content (AvgIpc) is 2.43. The molecule has 1 heterocycles. The fraction of sp³-hybridized carbons (Fsp3) is 0.538. The van der Waals surface area contributed by atoms with E-state index in [1.807, 2.05) is 0 Å². The number of ether oxygens (including phenoxy) is 3. The van der Waals surface area contributed by atoms with Gasteiger partial charge < -0.3 is 14.2 Å². The van der Waals surface area contributed by atoms with E-state index in [0.717, 1.165) is 6.08 Å². The van der Waals surface area contributed by atoms with E-state index < -0.39 is 17.5 Å². The van der Waals surface area contributed by atoms with E-state index >= 15 is 0 Å². The van der Waals surface area contributed by atoms with Crippen molar-refractivity contribution in [1.29, 1.82) is 0 Å². The van der Waals surface area contributed by atoms with Crippen LogP contribution in [-0.4, -0.2) is 24.1 Å². The first-order valence-corrected chi connectivity index (χ1v) is 5.75. The fourth-order valence-electron chi connectivity index (χ4n) is 1.36. The summed E-state index contributed by atoms with van der Waals surface area (Å²) in [4.78, 5) is 23.0. The highest BCUT2D eigenvalue weighted by atomic mass is 16.6. The van der Waals surface area contributed by atoms with Crippen LogP contribution < -0.4 is 0 Å². The van der Waals surface area contributed by atoms with E-state index in [2.05, 4.69) is 0 Å². The van der Waals surface area contributed by atoms with Crippen molar-refractivity contribution in [2.24, 2.45) is 0 Å². The maximum Gasteiger partial charge on any atom is 0.343 e. The Labute approximate surface area is 106 Å². The summed E-state index contributed by atoms with van der Waals surface area (Å²) in [5.74, 6) is -0.674. The Hall–Kier alpha value is -1.78. The molecule has 0 bridgehead atoms. The van der Waals surface area contributed by atoms with Gasteiger partial charge in [-0.1, -0.05) is 0 Å². The first kappa shape index (κ1) is 14.3. The lowest BCUT2D eigenvalue weighted by atomic mass is 10.2. The van der Waals surface area contributed by atoms with Crippen molar-refractivity contribution in [3.05, 3.63) is 23.2 Å². The van der Waals surface area contributed by atoms with E-state index in [1.54, 1.807) is 34.6 Å². The van der Waals surface area contributed by atoms with Crippen LogP contribution in [0.2, 0.25) is 0 Å². The van der Waals surface area contributed by atoms with E-state index in [-0.39, 0.29) is 5.76 Å². The molecule has 0 N–H and O–H groups in total. The van der Waals surface area contributed by atoms with Crippen molar-refractivity contribution in [2.45, 2.75) is 40.2 Å². The quantitative estimate of drug-likeness (QED) is 0.570. The second kappa shape index (κ2) is 5.25. The molecule has 0 amide bonds. The predicted molar refractivity (Wildman–Crippen MR) is 64.3 cm³/mol. The molecule has 0 aromatic heterocycles. The van der Waals surface area contributed by atoms with E-state index in [0.29, 0.717) is 17.9 Å². The number of hydrogen-bond donors (Lipinski definition) is 0. The monoisotopic (exact) mass is 254 g/mol. The van der Waals surface area contributed by atoms with Gasteiger partial charge >= 0.3 is 11.9 Å². The molecule has 1 rings (SSSR count). The van der Waals surface area contributed by atoms with Gasteiger partial charge in [0.2, 0.25) is 0 Å². The molecule has 0 fully saturated rings. The van der Waals surface area contributed by atoms with Crippen LogP contribution in [0.4, 0.5) is 0 Å². The molecule has 18 heavy (non-hydrogen) atoms. The van der Waals surface area contributed by atoms with Crippen molar-refractivity contribution in [3.8, 4) is 0 Å². The van der Waals surface area contributed by atoms with Crippen LogP contribution in [-0.2, 0) is 23.8 Å². The van der Waals surface area contributed by atoms with Crippen molar-refractivity contribution in [2.75, 3.05) is 6.61 Å². The predicted octanol–water partition coefficient (Wildman–Crippen LogP) is 2.08. The number of rotatable bonds is 3. The lowest BCUT2D eigenvalue weighted by molar-refractivity contribution is -0.148. The summed E-state index contributed by atoms with van der Waals surface area (Å²) in [6.45, 7) is 9.03. The molecular weight excluding hydrogens is 236 g/mol. The highest BCUT2D eigenvalue weighted by Gasteiger charge is 2.29. The second-order valence-electron chi connectivity index (χ2n) is 4.82. The molecule has 0 atom stereocenters. The first-order valence-electron chi connectivity index (χ1n) is 5.75. The Balaban J connectivity index is 2.90. The van der Waals surface area contributed by atoms with Gasteiger partial charge in [0, 0.05) is 0 Å². The van der Waals surface area contributed by atoms with Gasteiger partial charge in [-0.2, -0.15) is 0 Å². The lowest BCUT2D eigenvalue weighted by Crippen LogP contribution is -2.23. The average molecular weight is 254 g/mol. The third kappa shape index (κ3) is 3.61. The molecule has 1 aliphatic rings. The Bertz CT molecular complexity index is 423. The van der Waals surface area contributed by atoms with Gasteiger partial charge in [-0.3, -0.25) is 0 Å². The van der Waals surface area contributed by atoms with Crippen molar-refractivity contribution in [1.82, 2.24) is 0 Å². The molecule has 0 spiro atoms. The van der Waals surface area contributed by atoms with Gasteiger partial charge in [0.25, 0.3) is 0 Å². The van der Waals surface area contributed by atoms with Gasteiger partial charge in [0.1, 0.15) is 5.60 Å².